The van der Waals surface area contributed by atoms with Crippen molar-refractivity contribution >= 4 is 17.2 Å². The van der Waals surface area contributed by atoms with Crippen LogP contribution in [0.3, 0.4) is 0 Å². The summed E-state index contributed by atoms with van der Waals surface area (Å²) in [6.07, 6.45) is 6.05. The molecule has 0 spiro atoms. The Bertz CT molecular complexity index is 330. The average molecular weight is 239 g/mol. The van der Waals surface area contributed by atoms with Crippen LogP contribution in [-0.4, -0.2) is 24.9 Å². The lowest BCUT2D eigenvalue weighted by Gasteiger charge is -2.10. The van der Waals surface area contributed by atoms with Gasteiger partial charge in [0.05, 0.1) is 5.56 Å². The molecule has 0 atom stereocenters. The van der Waals surface area contributed by atoms with Gasteiger partial charge in [-0.15, -0.1) is 0 Å². The molecule has 0 N–H and O–H groups in total. The van der Waals surface area contributed by atoms with E-state index in [2.05, 4.69) is 12.3 Å². The Morgan fingerprint density at radius 2 is 2.00 bits per heavy atom. The van der Waals surface area contributed by atoms with E-state index in [1.165, 1.54) is 31.2 Å². The van der Waals surface area contributed by atoms with Gasteiger partial charge < -0.3 is 4.90 Å². The van der Waals surface area contributed by atoms with Crippen molar-refractivity contribution in [2.75, 3.05) is 14.1 Å². The predicted octanol–water partition coefficient (Wildman–Crippen LogP) is 3.57. The molecule has 0 aliphatic heterocycles. The molecule has 0 saturated heterocycles. The minimum Gasteiger partial charge on any atom is -0.345 e. The van der Waals surface area contributed by atoms with Crippen molar-refractivity contribution in [2.45, 2.75) is 39.0 Å². The summed E-state index contributed by atoms with van der Waals surface area (Å²) >= 11 is 1.63. The van der Waals surface area contributed by atoms with Crippen LogP contribution in [0, 0.1) is 0 Å². The van der Waals surface area contributed by atoms with Crippen molar-refractivity contribution in [3.63, 3.8) is 0 Å². The van der Waals surface area contributed by atoms with Crippen LogP contribution in [0.2, 0.25) is 0 Å². The second kappa shape index (κ2) is 6.69. The van der Waals surface area contributed by atoms with Gasteiger partial charge in [-0.2, -0.15) is 11.3 Å². The second-order valence-electron chi connectivity index (χ2n) is 4.32. The van der Waals surface area contributed by atoms with Crippen molar-refractivity contribution in [1.82, 2.24) is 4.90 Å². The Kier molecular flexibility index (Phi) is 5.53. The summed E-state index contributed by atoms with van der Waals surface area (Å²) < 4.78 is 0. The number of hydrogen-bond donors (Lipinski definition) is 0. The standard InChI is InChI=1S/C13H21NOS/c1-4-5-6-7-8-11-9-16-10-12(11)13(15)14(2)3/h9-10H,4-8H2,1-3H3. The van der Waals surface area contributed by atoms with Crippen molar-refractivity contribution in [3.05, 3.63) is 21.9 Å². The zero-order valence-electron chi connectivity index (χ0n) is 10.5. The van der Waals surface area contributed by atoms with Crippen molar-refractivity contribution in [1.29, 1.82) is 0 Å². The third-order valence-electron chi connectivity index (χ3n) is 2.68. The first-order chi connectivity index (χ1) is 7.66. The number of nitrogens with zero attached hydrogens (tertiary/aromatic N) is 1. The molecule has 1 heterocycles. The molecular formula is C13H21NOS. The number of unbranched alkanes of at least 4 members (excludes halogenated alkanes) is 3. The zero-order valence-corrected chi connectivity index (χ0v) is 11.3. The van der Waals surface area contributed by atoms with E-state index < -0.39 is 0 Å². The molecule has 3 heteroatoms. The van der Waals surface area contributed by atoms with Crippen LogP contribution in [0.5, 0.6) is 0 Å². The fourth-order valence-electron chi connectivity index (χ4n) is 1.69. The maximum atomic E-state index is 11.8. The Balaban J connectivity index is 2.54. The first-order valence-corrected chi connectivity index (χ1v) is 6.87. The molecule has 0 aromatic carbocycles. The smallest absolute Gasteiger partial charge is 0.254 e. The summed E-state index contributed by atoms with van der Waals surface area (Å²) in [7, 11) is 3.61. The highest BCUT2D eigenvalue weighted by molar-refractivity contribution is 7.08. The van der Waals surface area contributed by atoms with Gasteiger partial charge in [0.15, 0.2) is 0 Å². The highest BCUT2D eigenvalue weighted by atomic mass is 32.1. The third kappa shape index (κ3) is 3.63. The first-order valence-electron chi connectivity index (χ1n) is 5.93. The van der Waals surface area contributed by atoms with Gasteiger partial charge in [0.25, 0.3) is 5.91 Å². The van der Waals surface area contributed by atoms with E-state index in [-0.39, 0.29) is 5.91 Å². The van der Waals surface area contributed by atoms with Gasteiger partial charge in [0, 0.05) is 19.5 Å². The number of rotatable bonds is 6. The molecule has 90 valence electrons. The Hall–Kier alpha value is -0.830. The molecule has 2 nitrogen and oxygen atoms in total. The molecule has 0 saturated carbocycles. The van der Waals surface area contributed by atoms with Gasteiger partial charge >= 0.3 is 0 Å². The van der Waals surface area contributed by atoms with Gasteiger partial charge in [0.2, 0.25) is 0 Å². The first kappa shape index (κ1) is 13.2. The van der Waals surface area contributed by atoms with Crippen molar-refractivity contribution in [2.24, 2.45) is 0 Å². The minimum absolute atomic E-state index is 0.131. The lowest BCUT2D eigenvalue weighted by atomic mass is 10.0. The number of carbonyl (C=O) groups is 1. The molecule has 0 radical (unpaired) electrons. The predicted molar refractivity (Wildman–Crippen MR) is 70.2 cm³/mol. The summed E-state index contributed by atoms with van der Waals surface area (Å²) in [6.45, 7) is 2.21. The van der Waals surface area contributed by atoms with E-state index >= 15 is 0 Å². The topological polar surface area (TPSA) is 20.3 Å². The summed E-state index contributed by atoms with van der Waals surface area (Å²) in [5, 5.41) is 4.08. The van der Waals surface area contributed by atoms with Crippen LogP contribution in [0.4, 0.5) is 0 Å². The number of carbonyl (C=O) groups excluding carboxylic acids is 1. The van der Waals surface area contributed by atoms with Crippen LogP contribution in [-0.2, 0) is 6.42 Å². The fourth-order valence-corrected chi connectivity index (χ4v) is 2.55. The summed E-state index contributed by atoms with van der Waals surface area (Å²) in [4.78, 5) is 13.5. The van der Waals surface area contributed by atoms with E-state index in [9.17, 15) is 4.79 Å². The van der Waals surface area contributed by atoms with Gasteiger partial charge in [-0.05, 0) is 23.8 Å². The third-order valence-corrected chi connectivity index (χ3v) is 3.47. The van der Waals surface area contributed by atoms with Crippen LogP contribution in [0.15, 0.2) is 10.8 Å². The van der Waals surface area contributed by atoms with Crippen LogP contribution in [0.25, 0.3) is 0 Å². The minimum atomic E-state index is 0.131. The largest absolute Gasteiger partial charge is 0.345 e. The van der Waals surface area contributed by atoms with E-state index in [1.54, 1.807) is 30.3 Å². The monoisotopic (exact) mass is 239 g/mol. The zero-order chi connectivity index (χ0) is 12.0. The number of aryl methyl sites for hydroxylation is 1. The molecule has 1 amide bonds. The maximum Gasteiger partial charge on any atom is 0.254 e. The number of amides is 1. The van der Waals surface area contributed by atoms with E-state index in [4.69, 9.17) is 0 Å². The van der Waals surface area contributed by atoms with Gasteiger partial charge in [-0.3, -0.25) is 4.79 Å². The SMILES string of the molecule is CCCCCCc1cscc1C(=O)N(C)C. The molecule has 0 aliphatic carbocycles. The quantitative estimate of drug-likeness (QED) is 0.695. The molecule has 0 aliphatic rings. The average Bonchev–Trinajstić information content (AvgIpc) is 2.71. The van der Waals surface area contributed by atoms with Crippen LogP contribution in [0.1, 0.15) is 48.5 Å². The maximum absolute atomic E-state index is 11.8. The normalized spacial score (nSPS) is 10.4. The van der Waals surface area contributed by atoms with Crippen LogP contribution >= 0.6 is 11.3 Å². The Morgan fingerprint density at radius 3 is 2.62 bits per heavy atom. The van der Waals surface area contributed by atoms with Gasteiger partial charge in [0.1, 0.15) is 0 Å². The molecular weight excluding hydrogens is 218 g/mol. The van der Waals surface area contributed by atoms with Gasteiger partial charge in [-0.1, -0.05) is 26.2 Å². The lowest BCUT2D eigenvalue weighted by molar-refractivity contribution is 0.0827. The molecule has 1 rings (SSSR count). The number of hydrogen-bond acceptors (Lipinski definition) is 2. The van der Waals surface area contributed by atoms with Gasteiger partial charge in [-0.25, -0.2) is 0 Å². The van der Waals surface area contributed by atoms with E-state index in [1.807, 2.05) is 5.38 Å². The highest BCUT2D eigenvalue weighted by Crippen LogP contribution is 2.19. The molecule has 0 unspecified atom stereocenters. The van der Waals surface area contributed by atoms with E-state index in [0.29, 0.717) is 0 Å². The highest BCUT2D eigenvalue weighted by Gasteiger charge is 2.13. The summed E-state index contributed by atoms with van der Waals surface area (Å²) in [6, 6.07) is 0. The summed E-state index contributed by atoms with van der Waals surface area (Å²) in [5.41, 5.74) is 2.12. The van der Waals surface area contributed by atoms with Crippen molar-refractivity contribution in [3.8, 4) is 0 Å². The second-order valence-corrected chi connectivity index (χ2v) is 5.06. The molecule has 0 fully saturated rings. The number of thiophene rings is 1. The lowest BCUT2D eigenvalue weighted by Crippen LogP contribution is -2.22. The molecule has 0 bridgehead atoms. The Labute approximate surface area is 102 Å². The van der Waals surface area contributed by atoms with Crippen molar-refractivity contribution < 1.29 is 4.79 Å². The van der Waals surface area contributed by atoms with E-state index in [0.717, 1.165) is 12.0 Å². The molecule has 1 aromatic rings. The summed E-state index contributed by atoms with van der Waals surface area (Å²) in [5.74, 6) is 0.131. The molecule has 1 aromatic heterocycles. The fraction of sp³-hybridized carbons (Fsp3) is 0.615. The Morgan fingerprint density at radius 1 is 1.25 bits per heavy atom. The molecule has 16 heavy (non-hydrogen) atoms. The van der Waals surface area contributed by atoms with Crippen LogP contribution < -0.4 is 0 Å².